The molecule has 80 valence electrons. The predicted molar refractivity (Wildman–Crippen MR) is 59.3 cm³/mol. The minimum absolute atomic E-state index is 0.110. The smallest absolute Gasteiger partial charge is 0.204 e. The van der Waals surface area contributed by atoms with Crippen molar-refractivity contribution in [2.75, 3.05) is 33.2 Å². The zero-order valence-electron chi connectivity index (χ0n) is 8.95. The molecule has 2 fully saturated rings. The van der Waals surface area contributed by atoms with Gasteiger partial charge in [-0.25, -0.2) is 0 Å². The third-order valence-electron chi connectivity index (χ3n) is 3.21. The van der Waals surface area contributed by atoms with E-state index in [4.69, 9.17) is 0 Å². The molecule has 2 aliphatic rings. The molecule has 1 atom stereocenters. The van der Waals surface area contributed by atoms with Crippen molar-refractivity contribution < 1.29 is 4.79 Å². The monoisotopic (exact) mass is 214 g/mol. The summed E-state index contributed by atoms with van der Waals surface area (Å²) in [4.78, 5) is 16.3. The van der Waals surface area contributed by atoms with E-state index in [2.05, 4.69) is 23.8 Å². The Bertz CT molecular complexity index is 246. The molecule has 0 bridgehead atoms. The molecular formula is C10H18N2OS. The molecule has 0 aromatic heterocycles. The normalized spacial score (nSPS) is 35.7. The lowest BCUT2D eigenvalue weighted by Crippen LogP contribution is -2.52. The number of likely N-dealkylation sites (tertiary alicyclic amines) is 1. The van der Waals surface area contributed by atoms with Crippen LogP contribution in [-0.4, -0.2) is 53.0 Å². The molecule has 0 saturated carbocycles. The van der Waals surface area contributed by atoms with Crippen LogP contribution in [0, 0.1) is 0 Å². The summed E-state index contributed by atoms with van der Waals surface area (Å²) in [5.41, 5.74) is 0. The fraction of sp³-hybridized carbons (Fsp3) is 0.900. The summed E-state index contributed by atoms with van der Waals surface area (Å²) >= 11 is 1.57. The molecule has 0 amide bonds. The Balaban J connectivity index is 2.15. The van der Waals surface area contributed by atoms with Crippen LogP contribution >= 0.6 is 11.8 Å². The van der Waals surface area contributed by atoms with Crippen molar-refractivity contribution in [3.8, 4) is 0 Å². The summed E-state index contributed by atoms with van der Waals surface area (Å²) in [7, 11) is 2.15. The number of hydrogen-bond acceptors (Lipinski definition) is 4. The molecule has 2 rings (SSSR count). The van der Waals surface area contributed by atoms with Gasteiger partial charge in [-0.05, 0) is 33.0 Å². The second-order valence-corrected chi connectivity index (χ2v) is 5.70. The van der Waals surface area contributed by atoms with Crippen molar-refractivity contribution >= 4 is 16.9 Å². The third kappa shape index (κ3) is 1.71. The molecule has 4 heteroatoms. The molecule has 0 N–H and O–H groups in total. The van der Waals surface area contributed by atoms with Crippen LogP contribution < -0.4 is 0 Å². The number of carbonyl (C=O) groups is 1. The van der Waals surface area contributed by atoms with Crippen LogP contribution in [0.25, 0.3) is 0 Å². The van der Waals surface area contributed by atoms with E-state index in [0.717, 1.165) is 13.1 Å². The van der Waals surface area contributed by atoms with E-state index in [1.807, 2.05) is 0 Å². The Morgan fingerprint density at radius 1 is 1.57 bits per heavy atom. The zero-order chi connectivity index (χ0) is 10.2. The summed E-state index contributed by atoms with van der Waals surface area (Å²) in [6.07, 6.45) is 2.38. The minimum Gasteiger partial charge on any atom is -0.304 e. The molecule has 2 aliphatic heterocycles. The number of piperidine rings is 1. The van der Waals surface area contributed by atoms with Gasteiger partial charge in [-0.2, -0.15) is 0 Å². The molecular weight excluding hydrogens is 196 g/mol. The molecule has 2 heterocycles. The quantitative estimate of drug-likeness (QED) is 0.650. The molecule has 0 radical (unpaired) electrons. The average molecular weight is 214 g/mol. The lowest BCUT2D eigenvalue weighted by Gasteiger charge is -2.42. The van der Waals surface area contributed by atoms with Gasteiger partial charge in [0.05, 0.1) is 11.4 Å². The summed E-state index contributed by atoms with van der Waals surface area (Å²) in [5.74, 6) is 0. The van der Waals surface area contributed by atoms with Gasteiger partial charge in [0.2, 0.25) is 5.12 Å². The maximum Gasteiger partial charge on any atom is 0.204 e. The van der Waals surface area contributed by atoms with Crippen LogP contribution in [0.3, 0.4) is 0 Å². The minimum atomic E-state index is 0.110. The van der Waals surface area contributed by atoms with Crippen LogP contribution in [0.5, 0.6) is 0 Å². The Morgan fingerprint density at radius 2 is 2.36 bits per heavy atom. The van der Waals surface area contributed by atoms with Gasteiger partial charge in [0.25, 0.3) is 0 Å². The first-order chi connectivity index (χ1) is 6.66. The van der Waals surface area contributed by atoms with E-state index in [-0.39, 0.29) is 4.87 Å². The van der Waals surface area contributed by atoms with Crippen molar-refractivity contribution in [1.82, 2.24) is 9.80 Å². The highest BCUT2D eigenvalue weighted by atomic mass is 32.2. The Kier molecular flexibility index (Phi) is 2.86. The number of carbonyl (C=O) groups excluding carboxylic acids is 1. The molecule has 2 saturated heterocycles. The summed E-state index contributed by atoms with van der Waals surface area (Å²) in [6, 6.07) is 0. The third-order valence-corrected chi connectivity index (χ3v) is 4.53. The molecule has 0 aromatic carbocycles. The van der Waals surface area contributed by atoms with Gasteiger partial charge in [0.1, 0.15) is 0 Å². The van der Waals surface area contributed by atoms with E-state index in [9.17, 15) is 4.79 Å². The van der Waals surface area contributed by atoms with E-state index >= 15 is 0 Å². The summed E-state index contributed by atoms with van der Waals surface area (Å²) in [6.45, 7) is 6.00. The van der Waals surface area contributed by atoms with Gasteiger partial charge in [0, 0.05) is 6.54 Å². The number of thioether (sulfide) groups is 1. The van der Waals surface area contributed by atoms with Crippen molar-refractivity contribution in [3.05, 3.63) is 0 Å². The van der Waals surface area contributed by atoms with Crippen LogP contribution in [0.1, 0.15) is 19.8 Å². The lowest BCUT2D eigenvalue weighted by atomic mass is 10.0. The van der Waals surface area contributed by atoms with Gasteiger partial charge >= 0.3 is 0 Å². The Morgan fingerprint density at radius 3 is 3.00 bits per heavy atom. The molecule has 1 unspecified atom stereocenters. The van der Waals surface area contributed by atoms with Crippen LogP contribution in [0.15, 0.2) is 0 Å². The van der Waals surface area contributed by atoms with E-state index in [1.54, 1.807) is 11.8 Å². The van der Waals surface area contributed by atoms with Crippen molar-refractivity contribution in [3.63, 3.8) is 0 Å². The first kappa shape index (κ1) is 10.5. The van der Waals surface area contributed by atoms with E-state index < -0.39 is 0 Å². The first-order valence-corrected chi connectivity index (χ1v) is 6.13. The zero-order valence-corrected chi connectivity index (χ0v) is 9.77. The standard InChI is InChI=1S/C10H18N2OS/c1-3-12-7-9(13)14-10(12)5-4-6-11(2)8-10/h3-8H2,1-2H3. The Labute approximate surface area is 89.8 Å². The SMILES string of the molecule is CCN1CC(=O)SC12CCCN(C)C2. The van der Waals surface area contributed by atoms with E-state index in [0.29, 0.717) is 11.7 Å². The fourth-order valence-corrected chi connectivity index (χ4v) is 4.05. The predicted octanol–water partition coefficient (Wildman–Crippen LogP) is 1.00. The second-order valence-electron chi connectivity index (χ2n) is 4.28. The van der Waals surface area contributed by atoms with Gasteiger partial charge in [0.15, 0.2) is 0 Å². The highest BCUT2D eigenvalue weighted by Gasteiger charge is 2.46. The summed E-state index contributed by atoms with van der Waals surface area (Å²) in [5, 5.41) is 0.349. The number of rotatable bonds is 1. The average Bonchev–Trinajstić information content (AvgIpc) is 2.41. The van der Waals surface area contributed by atoms with Crippen LogP contribution in [0.4, 0.5) is 0 Å². The van der Waals surface area contributed by atoms with E-state index in [1.165, 1.54) is 19.4 Å². The van der Waals surface area contributed by atoms with Crippen molar-refractivity contribution in [2.45, 2.75) is 24.6 Å². The topological polar surface area (TPSA) is 23.6 Å². The van der Waals surface area contributed by atoms with Crippen LogP contribution in [0.2, 0.25) is 0 Å². The highest BCUT2D eigenvalue weighted by Crippen LogP contribution is 2.42. The molecule has 3 nitrogen and oxygen atoms in total. The second kappa shape index (κ2) is 3.83. The largest absolute Gasteiger partial charge is 0.304 e. The van der Waals surface area contributed by atoms with Gasteiger partial charge < -0.3 is 4.90 Å². The van der Waals surface area contributed by atoms with Crippen molar-refractivity contribution in [1.29, 1.82) is 0 Å². The lowest BCUT2D eigenvalue weighted by molar-refractivity contribution is -0.111. The maximum atomic E-state index is 11.5. The van der Waals surface area contributed by atoms with Gasteiger partial charge in [-0.3, -0.25) is 9.69 Å². The molecule has 0 aliphatic carbocycles. The fourth-order valence-electron chi connectivity index (χ4n) is 2.56. The molecule has 1 spiro atoms. The molecule has 14 heavy (non-hydrogen) atoms. The van der Waals surface area contributed by atoms with Gasteiger partial charge in [-0.1, -0.05) is 18.7 Å². The summed E-state index contributed by atoms with van der Waals surface area (Å²) < 4.78 is 0. The highest BCUT2D eigenvalue weighted by molar-refractivity contribution is 8.15. The van der Waals surface area contributed by atoms with Crippen molar-refractivity contribution in [2.24, 2.45) is 0 Å². The maximum absolute atomic E-state index is 11.5. The first-order valence-electron chi connectivity index (χ1n) is 5.32. The van der Waals surface area contributed by atoms with Crippen LogP contribution in [-0.2, 0) is 4.79 Å². The van der Waals surface area contributed by atoms with Gasteiger partial charge in [-0.15, -0.1) is 0 Å². The number of nitrogens with zero attached hydrogens (tertiary/aromatic N) is 2. The number of hydrogen-bond donors (Lipinski definition) is 0. The number of likely N-dealkylation sites (N-methyl/N-ethyl adjacent to an activating group) is 2. The Hall–Kier alpha value is -0.0600. The molecule has 0 aromatic rings.